The lowest BCUT2D eigenvalue weighted by Crippen LogP contribution is -2.52. The minimum atomic E-state index is -0.391. The average Bonchev–Trinajstić information content (AvgIpc) is 2.75. The van der Waals surface area contributed by atoms with Gasteiger partial charge in [0.05, 0.1) is 16.7 Å². The van der Waals surface area contributed by atoms with Crippen molar-refractivity contribution in [2.45, 2.75) is 26.4 Å². The van der Waals surface area contributed by atoms with Crippen LogP contribution in [0.3, 0.4) is 0 Å². The Kier molecular flexibility index (Phi) is 11.7. The first-order chi connectivity index (χ1) is 8.56. The maximum Gasteiger partial charge on any atom is 0.239 e. The van der Waals surface area contributed by atoms with Crippen molar-refractivity contribution in [2.24, 2.45) is 5.73 Å². The highest BCUT2D eigenvalue weighted by atomic mass is 35.5. The predicted molar refractivity (Wildman–Crippen MR) is 94.1 cm³/mol. The lowest BCUT2D eigenvalue weighted by molar-refractivity contribution is -0.134. The molecule has 0 bridgehead atoms. The van der Waals surface area contributed by atoms with Crippen molar-refractivity contribution in [3.05, 3.63) is 16.1 Å². The van der Waals surface area contributed by atoms with E-state index in [1.165, 1.54) is 0 Å². The molecule has 0 spiro atoms. The summed E-state index contributed by atoms with van der Waals surface area (Å²) in [5.74, 6) is 0.0548. The van der Waals surface area contributed by atoms with E-state index in [9.17, 15) is 4.79 Å². The standard InChI is InChI=1S/C12H20N4OS.3ClH/c1-9(13)12(17)16-5-3-15(4-6-16)7-11-8-18-10(2)14-11;;;/h8-9H,3-7,13H2,1-2H3;3*1H/t9-;;;/m1.../s1. The maximum atomic E-state index is 11.7. The van der Waals surface area contributed by atoms with Gasteiger partial charge in [-0.3, -0.25) is 9.69 Å². The second-order valence-corrected chi connectivity index (χ2v) is 5.81. The minimum Gasteiger partial charge on any atom is -0.339 e. The van der Waals surface area contributed by atoms with Gasteiger partial charge < -0.3 is 10.6 Å². The van der Waals surface area contributed by atoms with Crippen LogP contribution >= 0.6 is 48.6 Å². The lowest BCUT2D eigenvalue weighted by Gasteiger charge is -2.35. The molecule has 124 valence electrons. The fourth-order valence-electron chi connectivity index (χ4n) is 2.12. The highest BCUT2D eigenvalue weighted by Crippen LogP contribution is 2.12. The number of hydrogen-bond acceptors (Lipinski definition) is 5. The summed E-state index contributed by atoms with van der Waals surface area (Å²) in [5, 5.41) is 3.21. The van der Waals surface area contributed by atoms with E-state index in [2.05, 4.69) is 15.3 Å². The molecule has 1 saturated heterocycles. The molecule has 1 aliphatic heterocycles. The van der Waals surface area contributed by atoms with E-state index in [1.54, 1.807) is 18.3 Å². The normalized spacial score (nSPS) is 16.2. The minimum absolute atomic E-state index is 0. The number of halogens is 3. The predicted octanol–water partition coefficient (Wildman–Crippen LogP) is 1.71. The molecule has 0 aliphatic carbocycles. The molecule has 1 aromatic heterocycles. The number of thiazole rings is 1. The fourth-order valence-corrected chi connectivity index (χ4v) is 2.73. The van der Waals surface area contributed by atoms with Gasteiger partial charge in [0.2, 0.25) is 5.91 Å². The molecule has 1 amide bonds. The molecule has 0 unspecified atom stereocenters. The largest absolute Gasteiger partial charge is 0.339 e. The highest BCUT2D eigenvalue weighted by molar-refractivity contribution is 7.09. The Morgan fingerprint density at radius 3 is 2.33 bits per heavy atom. The van der Waals surface area contributed by atoms with Crippen molar-refractivity contribution in [2.75, 3.05) is 26.2 Å². The van der Waals surface area contributed by atoms with E-state index < -0.39 is 6.04 Å². The van der Waals surface area contributed by atoms with Crippen molar-refractivity contribution < 1.29 is 4.79 Å². The molecule has 2 N–H and O–H groups in total. The Labute approximate surface area is 148 Å². The number of carbonyl (C=O) groups excluding carboxylic acids is 1. The number of piperazine rings is 1. The third-order valence-electron chi connectivity index (χ3n) is 3.13. The van der Waals surface area contributed by atoms with Crippen LogP contribution in [-0.4, -0.2) is 52.9 Å². The Hall–Kier alpha value is -0.110. The molecule has 21 heavy (non-hydrogen) atoms. The molecule has 9 heteroatoms. The zero-order valence-corrected chi connectivity index (χ0v) is 15.4. The number of aromatic nitrogens is 1. The monoisotopic (exact) mass is 376 g/mol. The van der Waals surface area contributed by atoms with Crippen LogP contribution in [-0.2, 0) is 11.3 Å². The second-order valence-electron chi connectivity index (χ2n) is 4.75. The number of nitrogens with zero attached hydrogens (tertiary/aromatic N) is 3. The van der Waals surface area contributed by atoms with Crippen molar-refractivity contribution in [3.63, 3.8) is 0 Å². The molecule has 2 rings (SSSR count). The van der Waals surface area contributed by atoms with E-state index in [1.807, 2.05) is 11.8 Å². The lowest BCUT2D eigenvalue weighted by atomic mass is 10.2. The summed E-state index contributed by atoms with van der Waals surface area (Å²) in [4.78, 5) is 20.4. The van der Waals surface area contributed by atoms with Gasteiger partial charge in [-0.05, 0) is 13.8 Å². The van der Waals surface area contributed by atoms with E-state index in [4.69, 9.17) is 5.73 Å². The van der Waals surface area contributed by atoms with Gasteiger partial charge in [-0.25, -0.2) is 4.98 Å². The van der Waals surface area contributed by atoms with Crippen molar-refractivity contribution in [1.29, 1.82) is 0 Å². The summed E-state index contributed by atoms with van der Waals surface area (Å²) in [6.07, 6.45) is 0. The van der Waals surface area contributed by atoms with E-state index in [0.717, 1.165) is 43.4 Å². The summed E-state index contributed by atoms with van der Waals surface area (Å²) in [6, 6.07) is -0.391. The second kappa shape index (κ2) is 10.6. The van der Waals surface area contributed by atoms with Crippen LogP contribution in [0.2, 0.25) is 0 Å². The Morgan fingerprint density at radius 2 is 1.90 bits per heavy atom. The molecule has 1 atom stereocenters. The van der Waals surface area contributed by atoms with Gasteiger partial charge in [0.25, 0.3) is 0 Å². The maximum absolute atomic E-state index is 11.7. The van der Waals surface area contributed by atoms with Gasteiger partial charge >= 0.3 is 0 Å². The third-order valence-corrected chi connectivity index (χ3v) is 3.95. The molecule has 0 saturated carbocycles. The number of hydrogen-bond donors (Lipinski definition) is 1. The summed E-state index contributed by atoms with van der Waals surface area (Å²) in [5.41, 5.74) is 6.74. The van der Waals surface area contributed by atoms with Crippen molar-refractivity contribution in [1.82, 2.24) is 14.8 Å². The summed E-state index contributed by atoms with van der Waals surface area (Å²) in [6.45, 7) is 7.97. The first kappa shape index (κ1) is 23.2. The fraction of sp³-hybridized carbons (Fsp3) is 0.667. The number of amides is 1. The molecule has 2 heterocycles. The summed E-state index contributed by atoms with van der Waals surface area (Å²) < 4.78 is 0. The highest BCUT2D eigenvalue weighted by Gasteiger charge is 2.23. The molecular weight excluding hydrogens is 355 g/mol. The van der Waals surface area contributed by atoms with Crippen LogP contribution < -0.4 is 5.73 Å². The Morgan fingerprint density at radius 1 is 1.33 bits per heavy atom. The topological polar surface area (TPSA) is 62.5 Å². The van der Waals surface area contributed by atoms with Gasteiger partial charge in [-0.15, -0.1) is 48.6 Å². The molecule has 0 radical (unpaired) electrons. The summed E-state index contributed by atoms with van der Waals surface area (Å²) >= 11 is 1.68. The molecule has 0 aromatic carbocycles. The zero-order chi connectivity index (χ0) is 13.1. The smallest absolute Gasteiger partial charge is 0.239 e. The number of aryl methyl sites for hydroxylation is 1. The quantitative estimate of drug-likeness (QED) is 0.871. The molecule has 1 aromatic rings. The van der Waals surface area contributed by atoms with Crippen molar-refractivity contribution in [3.8, 4) is 0 Å². The number of carbonyl (C=O) groups is 1. The molecular formula is C12H23Cl3N4OS. The SMILES string of the molecule is Cc1nc(CN2CCN(C(=O)[C@@H](C)N)CC2)cs1.Cl.Cl.Cl. The van der Waals surface area contributed by atoms with Crippen LogP contribution in [0.4, 0.5) is 0 Å². The van der Waals surface area contributed by atoms with Crippen LogP contribution in [0.25, 0.3) is 0 Å². The van der Waals surface area contributed by atoms with Gasteiger partial charge in [-0.1, -0.05) is 0 Å². The first-order valence-electron chi connectivity index (χ1n) is 6.24. The molecule has 5 nitrogen and oxygen atoms in total. The van der Waals surface area contributed by atoms with Crippen molar-refractivity contribution >= 4 is 54.5 Å². The van der Waals surface area contributed by atoms with Gasteiger partial charge in [-0.2, -0.15) is 0 Å². The van der Waals surface area contributed by atoms with Crippen LogP contribution in [0.15, 0.2) is 5.38 Å². The average molecular weight is 378 g/mol. The van der Waals surface area contributed by atoms with E-state index in [-0.39, 0.29) is 43.1 Å². The van der Waals surface area contributed by atoms with Gasteiger partial charge in [0, 0.05) is 38.1 Å². The Balaban J connectivity index is 0. The van der Waals surface area contributed by atoms with Gasteiger partial charge in [0.1, 0.15) is 0 Å². The molecule has 1 fully saturated rings. The first-order valence-corrected chi connectivity index (χ1v) is 7.12. The van der Waals surface area contributed by atoms with E-state index in [0.29, 0.717) is 0 Å². The Bertz CT molecular complexity index is 422. The number of nitrogens with two attached hydrogens (primary N) is 1. The third kappa shape index (κ3) is 6.67. The zero-order valence-electron chi connectivity index (χ0n) is 12.2. The number of rotatable bonds is 3. The van der Waals surface area contributed by atoms with E-state index >= 15 is 0 Å². The van der Waals surface area contributed by atoms with Crippen LogP contribution in [0.1, 0.15) is 17.6 Å². The van der Waals surface area contributed by atoms with Gasteiger partial charge in [0.15, 0.2) is 0 Å². The molecule has 1 aliphatic rings. The van der Waals surface area contributed by atoms with Crippen LogP contribution in [0, 0.1) is 6.92 Å². The summed E-state index contributed by atoms with van der Waals surface area (Å²) in [7, 11) is 0. The van der Waals surface area contributed by atoms with Crippen LogP contribution in [0.5, 0.6) is 0 Å².